The van der Waals surface area contributed by atoms with Gasteiger partial charge in [-0.1, -0.05) is 39.3 Å². The van der Waals surface area contributed by atoms with Crippen LogP contribution in [0.3, 0.4) is 0 Å². The van der Waals surface area contributed by atoms with Crippen LogP contribution in [-0.2, 0) is 12.8 Å². The van der Waals surface area contributed by atoms with Gasteiger partial charge in [-0.05, 0) is 41.6 Å². The fraction of sp³-hybridized carbons (Fsp3) is 0.625. The first kappa shape index (κ1) is 14.7. The van der Waals surface area contributed by atoms with Crippen molar-refractivity contribution in [2.45, 2.75) is 46.6 Å². The molecular weight excluding hydrogens is 258 g/mol. The van der Waals surface area contributed by atoms with E-state index in [9.17, 15) is 0 Å². The summed E-state index contributed by atoms with van der Waals surface area (Å²) in [6, 6.07) is 4.51. The number of likely N-dealkylation sites (N-methyl/N-ethyl adjacent to an activating group) is 1. The summed E-state index contributed by atoms with van der Waals surface area (Å²) in [6.45, 7) is 10.7. The maximum Gasteiger partial charge on any atom is 0.125 e. The van der Waals surface area contributed by atoms with Crippen LogP contribution in [0.25, 0.3) is 0 Å². The normalized spacial score (nSPS) is 16.1. The summed E-state index contributed by atoms with van der Waals surface area (Å²) in [5, 5.41) is 4.41. The highest BCUT2D eigenvalue weighted by molar-refractivity contribution is 6.30. The molecule has 0 fully saturated rings. The second-order valence-corrected chi connectivity index (χ2v) is 6.77. The van der Waals surface area contributed by atoms with Crippen molar-refractivity contribution < 1.29 is 4.74 Å². The monoisotopic (exact) mass is 281 g/mol. The Labute approximate surface area is 121 Å². The van der Waals surface area contributed by atoms with E-state index >= 15 is 0 Å². The zero-order valence-corrected chi connectivity index (χ0v) is 13.1. The maximum atomic E-state index is 6.23. The minimum atomic E-state index is 0.212. The smallest absolute Gasteiger partial charge is 0.125 e. The van der Waals surface area contributed by atoms with Crippen molar-refractivity contribution >= 4 is 11.6 Å². The molecule has 1 N–H and O–H groups in total. The Morgan fingerprint density at radius 2 is 2.11 bits per heavy atom. The van der Waals surface area contributed by atoms with Gasteiger partial charge >= 0.3 is 0 Å². The molecule has 0 bridgehead atoms. The molecule has 0 aliphatic carbocycles. The maximum absolute atomic E-state index is 6.23. The number of ether oxygens (including phenoxy) is 1. The van der Waals surface area contributed by atoms with E-state index in [1.807, 2.05) is 6.07 Å². The fourth-order valence-corrected chi connectivity index (χ4v) is 2.91. The molecule has 1 aromatic rings. The second-order valence-electron chi connectivity index (χ2n) is 6.33. The lowest BCUT2D eigenvalue weighted by atomic mass is 9.82. The number of fused-ring (bicyclic) bond motifs is 1. The largest absolute Gasteiger partial charge is 0.493 e. The highest BCUT2D eigenvalue weighted by atomic mass is 35.5. The zero-order valence-electron chi connectivity index (χ0n) is 12.3. The number of halogens is 1. The zero-order chi connectivity index (χ0) is 14.0. The van der Waals surface area contributed by atoms with E-state index in [2.05, 4.69) is 39.1 Å². The number of hydrogen-bond acceptors (Lipinski definition) is 2. The molecule has 1 aliphatic heterocycles. The topological polar surface area (TPSA) is 21.3 Å². The molecule has 0 saturated heterocycles. The number of rotatable bonds is 4. The Morgan fingerprint density at radius 1 is 1.37 bits per heavy atom. The average Bonchev–Trinajstić information content (AvgIpc) is 2.74. The molecule has 3 heteroatoms. The van der Waals surface area contributed by atoms with Gasteiger partial charge in [0.25, 0.3) is 0 Å². The SMILES string of the molecule is CCNC(Cc1cc(Cl)cc2c1OCC2)C(C)(C)C. The molecular formula is C16H24ClNO. The third kappa shape index (κ3) is 3.43. The minimum Gasteiger partial charge on any atom is -0.493 e. The quantitative estimate of drug-likeness (QED) is 0.905. The van der Waals surface area contributed by atoms with Gasteiger partial charge in [-0.15, -0.1) is 0 Å². The summed E-state index contributed by atoms with van der Waals surface area (Å²) in [5.41, 5.74) is 2.71. The van der Waals surface area contributed by atoms with Crippen molar-refractivity contribution in [3.63, 3.8) is 0 Å². The first-order valence-electron chi connectivity index (χ1n) is 7.09. The lowest BCUT2D eigenvalue weighted by Gasteiger charge is -2.32. The molecule has 0 aromatic heterocycles. The summed E-state index contributed by atoms with van der Waals surface area (Å²) in [4.78, 5) is 0. The second kappa shape index (κ2) is 5.72. The third-order valence-corrected chi connectivity index (χ3v) is 3.96. The molecule has 0 amide bonds. The minimum absolute atomic E-state index is 0.212. The summed E-state index contributed by atoms with van der Waals surface area (Å²) >= 11 is 6.23. The number of benzene rings is 1. The summed E-state index contributed by atoms with van der Waals surface area (Å²) in [7, 11) is 0. The highest BCUT2D eigenvalue weighted by Gasteiger charge is 2.27. The van der Waals surface area contributed by atoms with Gasteiger partial charge in [0.2, 0.25) is 0 Å². The van der Waals surface area contributed by atoms with Gasteiger partial charge in [0, 0.05) is 17.5 Å². The van der Waals surface area contributed by atoms with E-state index in [4.69, 9.17) is 16.3 Å². The van der Waals surface area contributed by atoms with E-state index in [-0.39, 0.29) is 5.41 Å². The lowest BCUT2D eigenvalue weighted by molar-refractivity contribution is 0.267. The molecule has 0 saturated carbocycles. The average molecular weight is 282 g/mol. The van der Waals surface area contributed by atoms with Gasteiger partial charge < -0.3 is 10.1 Å². The molecule has 2 nitrogen and oxygen atoms in total. The third-order valence-electron chi connectivity index (χ3n) is 3.75. The molecule has 1 heterocycles. The Morgan fingerprint density at radius 3 is 2.74 bits per heavy atom. The molecule has 106 valence electrons. The Hall–Kier alpha value is -0.730. The van der Waals surface area contributed by atoms with Crippen LogP contribution in [0.2, 0.25) is 5.02 Å². The molecule has 1 unspecified atom stereocenters. The van der Waals surface area contributed by atoms with E-state index in [1.165, 1.54) is 11.1 Å². The summed E-state index contributed by atoms with van der Waals surface area (Å²) in [6.07, 6.45) is 1.94. The molecule has 0 spiro atoms. The van der Waals surface area contributed by atoms with Gasteiger partial charge in [-0.2, -0.15) is 0 Å². The van der Waals surface area contributed by atoms with Crippen LogP contribution in [0.4, 0.5) is 0 Å². The van der Waals surface area contributed by atoms with Crippen LogP contribution in [0.5, 0.6) is 5.75 Å². The Kier molecular flexibility index (Phi) is 4.42. The molecule has 1 aliphatic rings. The van der Waals surface area contributed by atoms with Crippen molar-refractivity contribution in [2.75, 3.05) is 13.2 Å². The van der Waals surface area contributed by atoms with Gasteiger partial charge in [0.15, 0.2) is 0 Å². The Balaban J connectivity index is 2.27. The van der Waals surface area contributed by atoms with Crippen LogP contribution < -0.4 is 10.1 Å². The van der Waals surface area contributed by atoms with E-state index in [1.54, 1.807) is 0 Å². The first-order chi connectivity index (χ1) is 8.91. The van der Waals surface area contributed by atoms with Crippen LogP contribution in [0, 0.1) is 5.41 Å². The fourth-order valence-electron chi connectivity index (χ4n) is 2.65. The summed E-state index contributed by atoms with van der Waals surface area (Å²) < 4.78 is 5.79. The number of hydrogen-bond donors (Lipinski definition) is 1. The molecule has 0 radical (unpaired) electrons. The van der Waals surface area contributed by atoms with Crippen LogP contribution in [-0.4, -0.2) is 19.2 Å². The van der Waals surface area contributed by atoms with E-state index in [0.717, 1.165) is 36.8 Å². The van der Waals surface area contributed by atoms with Gasteiger partial charge in [-0.25, -0.2) is 0 Å². The standard InChI is InChI=1S/C16H24ClNO/c1-5-18-14(16(2,3)4)10-12-9-13(17)8-11-6-7-19-15(11)12/h8-9,14,18H,5-7,10H2,1-4H3. The van der Waals surface area contributed by atoms with Crippen molar-refractivity contribution in [3.8, 4) is 5.75 Å². The summed E-state index contributed by atoms with van der Waals surface area (Å²) in [5.74, 6) is 1.07. The lowest BCUT2D eigenvalue weighted by Crippen LogP contribution is -2.41. The number of nitrogens with one attached hydrogen (secondary N) is 1. The highest BCUT2D eigenvalue weighted by Crippen LogP contribution is 2.35. The first-order valence-corrected chi connectivity index (χ1v) is 7.47. The van der Waals surface area contributed by atoms with E-state index in [0.29, 0.717) is 6.04 Å². The molecule has 2 rings (SSSR count). The van der Waals surface area contributed by atoms with Crippen molar-refractivity contribution in [1.29, 1.82) is 0 Å². The van der Waals surface area contributed by atoms with Gasteiger partial charge in [-0.3, -0.25) is 0 Å². The van der Waals surface area contributed by atoms with Gasteiger partial charge in [0.05, 0.1) is 6.61 Å². The van der Waals surface area contributed by atoms with E-state index < -0.39 is 0 Å². The van der Waals surface area contributed by atoms with Crippen LogP contribution >= 0.6 is 11.6 Å². The van der Waals surface area contributed by atoms with Crippen molar-refractivity contribution in [1.82, 2.24) is 5.32 Å². The molecule has 1 aromatic carbocycles. The molecule has 1 atom stereocenters. The van der Waals surface area contributed by atoms with Crippen molar-refractivity contribution in [2.24, 2.45) is 5.41 Å². The molecule has 19 heavy (non-hydrogen) atoms. The van der Waals surface area contributed by atoms with Gasteiger partial charge in [0.1, 0.15) is 5.75 Å². The van der Waals surface area contributed by atoms with Crippen molar-refractivity contribution in [3.05, 3.63) is 28.3 Å². The predicted octanol–water partition coefficient (Wildman–Crippen LogP) is 3.84. The van der Waals surface area contributed by atoms with Crippen LogP contribution in [0.1, 0.15) is 38.8 Å². The van der Waals surface area contributed by atoms with Crippen LogP contribution in [0.15, 0.2) is 12.1 Å². The Bertz CT molecular complexity index is 451. The predicted molar refractivity (Wildman–Crippen MR) is 81.3 cm³/mol.